The van der Waals surface area contributed by atoms with Gasteiger partial charge in [-0.05, 0) is 5.56 Å². The van der Waals surface area contributed by atoms with Crippen LogP contribution < -0.4 is 0 Å². The third-order valence-corrected chi connectivity index (χ3v) is 5.18. The number of imidazole rings is 1. The molecule has 2 aliphatic heterocycles. The maximum Gasteiger partial charge on any atom is 0.246 e. The predicted molar refractivity (Wildman–Crippen MR) is 96.2 cm³/mol. The molecule has 0 bridgehead atoms. The summed E-state index contributed by atoms with van der Waals surface area (Å²) in [5.41, 5.74) is 1.23. The van der Waals surface area contributed by atoms with E-state index in [4.69, 9.17) is 0 Å². The topological polar surface area (TPSA) is 61.7 Å². The third-order valence-electron chi connectivity index (χ3n) is 5.18. The molecule has 7 nitrogen and oxygen atoms in total. The van der Waals surface area contributed by atoms with Gasteiger partial charge in [0.05, 0.1) is 13.1 Å². The lowest BCUT2D eigenvalue weighted by molar-refractivity contribution is -0.158. The van der Waals surface area contributed by atoms with E-state index in [9.17, 15) is 9.59 Å². The number of fused-ring (bicyclic) bond motifs is 1. The van der Waals surface area contributed by atoms with Crippen LogP contribution in [-0.4, -0.2) is 75.3 Å². The Kier molecular flexibility index (Phi) is 4.46. The Balaban J connectivity index is 1.45. The Hall–Kier alpha value is -2.67. The van der Waals surface area contributed by atoms with E-state index in [2.05, 4.69) is 26.6 Å². The number of benzene rings is 1. The first-order valence-electron chi connectivity index (χ1n) is 8.92. The summed E-state index contributed by atoms with van der Waals surface area (Å²) in [6, 6.07) is 9.92. The molecule has 2 fully saturated rings. The van der Waals surface area contributed by atoms with Crippen molar-refractivity contribution >= 4 is 11.8 Å². The largest absolute Gasteiger partial charge is 0.335 e. The van der Waals surface area contributed by atoms with Crippen molar-refractivity contribution < 1.29 is 9.59 Å². The summed E-state index contributed by atoms with van der Waals surface area (Å²) < 4.78 is 2.14. The maximum absolute atomic E-state index is 12.4. The highest BCUT2D eigenvalue weighted by molar-refractivity contribution is 5.95. The summed E-state index contributed by atoms with van der Waals surface area (Å²) in [5, 5.41) is 0. The van der Waals surface area contributed by atoms with Crippen molar-refractivity contribution in [1.29, 1.82) is 0 Å². The molecule has 4 rings (SSSR count). The van der Waals surface area contributed by atoms with Gasteiger partial charge in [0.1, 0.15) is 11.9 Å². The molecule has 2 amide bonds. The third kappa shape index (κ3) is 3.22. The number of piperazine rings is 2. The van der Waals surface area contributed by atoms with Gasteiger partial charge < -0.3 is 14.4 Å². The minimum atomic E-state index is -0.368. The van der Waals surface area contributed by atoms with Gasteiger partial charge in [-0.25, -0.2) is 4.98 Å². The van der Waals surface area contributed by atoms with Crippen molar-refractivity contribution in [2.45, 2.75) is 19.1 Å². The van der Waals surface area contributed by atoms with Gasteiger partial charge in [0.2, 0.25) is 11.8 Å². The number of hydrogen-bond donors (Lipinski definition) is 0. The second-order valence-corrected chi connectivity index (χ2v) is 6.99. The molecule has 7 heteroatoms. The second-order valence-electron chi connectivity index (χ2n) is 6.99. The zero-order valence-electron chi connectivity index (χ0n) is 14.9. The number of aromatic nitrogens is 2. The Labute approximate surface area is 152 Å². The molecule has 2 aromatic rings. The maximum atomic E-state index is 12.4. The molecule has 1 aromatic carbocycles. The molecule has 0 aliphatic carbocycles. The number of carbonyl (C=O) groups excluding carboxylic acids is 2. The summed E-state index contributed by atoms with van der Waals surface area (Å²) in [4.78, 5) is 34.6. The van der Waals surface area contributed by atoms with Gasteiger partial charge >= 0.3 is 0 Å². The lowest BCUT2D eigenvalue weighted by Gasteiger charge is -2.45. The van der Waals surface area contributed by atoms with E-state index in [0.717, 1.165) is 18.9 Å². The predicted octanol–water partition coefficient (Wildman–Crippen LogP) is 0.416. The van der Waals surface area contributed by atoms with Gasteiger partial charge in [-0.15, -0.1) is 0 Å². The summed E-state index contributed by atoms with van der Waals surface area (Å²) in [7, 11) is 1.70. The van der Waals surface area contributed by atoms with Gasteiger partial charge in [0, 0.05) is 45.6 Å². The monoisotopic (exact) mass is 353 g/mol. The Morgan fingerprint density at radius 1 is 1.12 bits per heavy atom. The highest BCUT2D eigenvalue weighted by Gasteiger charge is 2.41. The quantitative estimate of drug-likeness (QED) is 0.799. The van der Waals surface area contributed by atoms with Crippen molar-refractivity contribution in [2.24, 2.45) is 0 Å². The van der Waals surface area contributed by atoms with E-state index in [0.29, 0.717) is 19.6 Å². The molecule has 0 spiro atoms. The number of hydrogen-bond acceptors (Lipinski definition) is 4. The van der Waals surface area contributed by atoms with Crippen LogP contribution >= 0.6 is 0 Å². The SMILES string of the molecule is CN1CC(=O)N2CCN(Cc3nccn3Cc3ccccc3)CC2C1=O. The van der Waals surface area contributed by atoms with Crippen molar-refractivity contribution in [1.82, 2.24) is 24.3 Å². The lowest BCUT2D eigenvalue weighted by Crippen LogP contribution is -2.66. The molecule has 1 aromatic heterocycles. The zero-order valence-corrected chi connectivity index (χ0v) is 14.9. The lowest BCUT2D eigenvalue weighted by atomic mass is 10.1. The fourth-order valence-corrected chi connectivity index (χ4v) is 3.73. The minimum Gasteiger partial charge on any atom is -0.335 e. The first kappa shape index (κ1) is 16.8. The van der Waals surface area contributed by atoms with Crippen LogP contribution in [0.2, 0.25) is 0 Å². The molecule has 26 heavy (non-hydrogen) atoms. The van der Waals surface area contributed by atoms with Crippen LogP contribution in [0.4, 0.5) is 0 Å². The molecule has 2 aliphatic rings. The van der Waals surface area contributed by atoms with Gasteiger partial charge in [0.25, 0.3) is 0 Å². The molecule has 0 N–H and O–H groups in total. The van der Waals surface area contributed by atoms with Gasteiger partial charge in [-0.1, -0.05) is 30.3 Å². The van der Waals surface area contributed by atoms with Crippen LogP contribution in [0.3, 0.4) is 0 Å². The average Bonchev–Trinajstić information content (AvgIpc) is 3.07. The molecule has 1 unspecified atom stereocenters. The molecule has 136 valence electrons. The highest BCUT2D eigenvalue weighted by Crippen LogP contribution is 2.18. The number of amides is 2. The van der Waals surface area contributed by atoms with Gasteiger partial charge in [-0.3, -0.25) is 14.5 Å². The summed E-state index contributed by atoms with van der Waals surface area (Å²) in [6.45, 7) is 3.57. The Morgan fingerprint density at radius 3 is 2.73 bits per heavy atom. The van der Waals surface area contributed by atoms with Crippen LogP contribution in [-0.2, 0) is 22.7 Å². The molecule has 1 atom stereocenters. The van der Waals surface area contributed by atoms with Crippen molar-refractivity contribution in [3.63, 3.8) is 0 Å². The number of likely N-dealkylation sites (N-methyl/N-ethyl adjacent to an activating group) is 1. The van der Waals surface area contributed by atoms with E-state index < -0.39 is 0 Å². The smallest absolute Gasteiger partial charge is 0.246 e. The zero-order chi connectivity index (χ0) is 18.1. The van der Waals surface area contributed by atoms with Crippen LogP contribution in [0.25, 0.3) is 0 Å². The number of carbonyl (C=O) groups is 2. The fourth-order valence-electron chi connectivity index (χ4n) is 3.73. The second kappa shape index (κ2) is 6.92. The van der Waals surface area contributed by atoms with Crippen molar-refractivity contribution in [3.05, 3.63) is 54.1 Å². The van der Waals surface area contributed by atoms with Gasteiger partial charge in [-0.2, -0.15) is 0 Å². The van der Waals surface area contributed by atoms with E-state index in [1.54, 1.807) is 11.9 Å². The highest BCUT2D eigenvalue weighted by atomic mass is 16.2. The Morgan fingerprint density at radius 2 is 1.92 bits per heavy atom. The van der Waals surface area contributed by atoms with E-state index in [1.165, 1.54) is 10.5 Å². The molecular weight excluding hydrogens is 330 g/mol. The number of nitrogens with zero attached hydrogens (tertiary/aromatic N) is 5. The van der Waals surface area contributed by atoms with Crippen molar-refractivity contribution in [2.75, 3.05) is 33.2 Å². The summed E-state index contributed by atoms with van der Waals surface area (Å²) in [5.74, 6) is 1.05. The van der Waals surface area contributed by atoms with Gasteiger partial charge in [0.15, 0.2) is 0 Å². The van der Waals surface area contributed by atoms with E-state index >= 15 is 0 Å². The molecule has 2 saturated heterocycles. The van der Waals surface area contributed by atoms with Crippen LogP contribution in [0.1, 0.15) is 11.4 Å². The van der Waals surface area contributed by atoms with Crippen molar-refractivity contribution in [3.8, 4) is 0 Å². The molecule has 0 radical (unpaired) electrons. The van der Waals surface area contributed by atoms with E-state index in [1.807, 2.05) is 30.6 Å². The molecule has 3 heterocycles. The standard InChI is InChI=1S/C19H23N5O2/c1-21-14-18(25)24-10-9-22(12-16(24)19(21)26)13-17-20-7-8-23(17)11-15-5-3-2-4-6-15/h2-8,16H,9-14H2,1H3. The molecule has 0 saturated carbocycles. The van der Waals surface area contributed by atoms with Crippen LogP contribution in [0.5, 0.6) is 0 Å². The minimum absolute atomic E-state index is 0.0296. The summed E-state index contributed by atoms with van der Waals surface area (Å²) in [6.07, 6.45) is 3.80. The fraction of sp³-hybridized carbons (Fsp3) is 0.421. The summed E-state index contributed by atoms with van der Waals surface area (Å²) >= 11 is 0. The number of rotatable bonds is 4. The van der Waals surface area contributed by atoms with E-state index in [-0.39, 0.29) is 24.4 Å². The average molecular weight is 353 g/mol. The first-order valence-corrected chi connectivity index (χ1v) is 8.92. The van der Waals surface area contributed by atoms with Crippen LogP contribution in [0, 0.1) is 0 Å². The first-order chi connectivity index (χ1) is 12.6. The van der Waals surface area contributed by atoms with Crippen LogP contribution in [0.15, 0.2) is 42.7 Å². The molecular formula is C19H23N5O2. The normalized spacial score (nSPS) is 21.2. The Bertz CT molecular complexity index is 803.